The number of hydrogen-bond donors (Lipinski definition) is 1. The Labute approximate surface area is 99.9 Å². The fourth-order valence-corrected chi connectivity index (χ4v) is 1.38. The van der Waals surface area contributed by atoms with E-state index in [9.17, 15) is 4.79 Å². The molecule has 0 bridgehead atoms. The third-order valence-electron chi connectivity index (χ3n) is 2.08. The number of rotatable bonds is 5. The van der Waals surface area contributed by atoms with Gasteiger partial charge in [-0.25, -0.2) is 0 Å². The van der Waals surface area contributed by atoms with E-state index >= 15 is 0 Å². The summed E-state index contributed by atoms with van der Waals surface area (Å²) >= 11 is 5.74. The lowest BCUT2D eigenvalue weighted by molar-refractivity contribution is -0.142. The van der Waals surface area contributed by atoms with Crippen LogP contribution in [0, 0.1) is 5.41 Å². The summed E-state index contributed by atoms with van der Waals surface area (Å²) in [5, 5.41) is 8.42. The van der Waals surface area contributed by atoms with Gasteiger partial charge in [0.15, 0.2) is 0 Å². The SMILES string of the molecule is CCOC(=O)CCC(=N)c1ccc(Cl)cc1. The molecule has 0 fully saturated rings. The second-order valence-electron chi connectivity index (χ2n) is 3.29. The Balaban J connectivity index is 2.47. The summed E-state index contributed by atoms with van der Waals surface area (Å²) in [6.07, 6.45) is 0.635. The highest BCUT2D eigenvalue weighted by atomic mass is 35.5. The fraction of sp³-hybridized carbons (Fsp3) is 0.333. The zero-order valence-electron chi connectivity index (χ0n) is 9.13. The maximum absolute atomic E-state index is 11.1. The lowest BCUT2D eigenvalue weighted by Crippen LogP contribution is -2.07. The molecule has 0 radical (unpaired) electrons. The minimum Gasteiger partial charge on any atom is -0.466 e. The first-order valence-electron chi connectivity index (χ1n) is 5.12. The Bertz CT molecular complexity index is 373. The quantitative estimate of drug-likeness (QED) is 0.634. The number of ether oxygens (including phenoxy) is 1. The van der Waals surface area contributed by atoms with Crippen molar-refractivity contribution in [2.75, 3.05) is 6.61 Å². The van der Waals surface area contributed by atoms with E-state index in [0.29, 0.717) is 23.8 Å². The summed E-state index contributed by atoms with van der Waals surface area (Å²) in [6.45, 7) is 2.15. The van der Waals surface area contributed by atoms with E-state index in [1.165, 1.54) is 0 Å². The molecule has 4 heteroatoms. The van der Waals surface area contributed by atoms with Crippen molar-refractivity contribution in [3.8, 4) is 0 Å². The number of nitrogens with one attached hydrogen (secondary N) is 1. The van der Waals surface area contributed by atoms with Gasteiger partial charge < -0.3 is 10.1 Å². The molecular weight excluding hydrogens is 226 g/mol. The molecule has 1 aromatic rings. The van der Waals surface area contributed by atoms with Crippen LogP contribution in [0.5, 0.6) is 0 Å². The Morgan fingerprint density at radius 1 is 1.31 bits per heavy atom. The van der Waals surface area contributed by atoms with Gasteiger partial charge in [-0.05, 0) is 31.0 Å². The van der Waals surface area contributed by atoms with Crippen LogP contribution in [-0.4, -0.2) is 18.3 Å². The normalized spacial score (nSPS) is 9.88. The largest absolute Gasteiger partial charge is 0.466 e. The standard InChI is InChI=1S/C12H14ClNO2/c1-2-16-12(15)8-7-11(14)9-3-5-10(13)6-4-9/h3-6,14H,2,7-8H2,1H3. The van der Waals surface area contributed by atoms with Gasteiger partial charge in [0.05, 0.1) is 13.0 Å². The van der Waals surface area contributed by atoms with Crippen LogP contribution in [0.4, 0.5) is 0 Å². The molecular formula is C12H14ClNO2. The Kier molecular flexibility index (Phi) is 4.99. The zero-order valence-corrected chi connectivity index (χ0v) is 9.88. The van der Waals surface area contributed by atoms with E-state index in [1.54, 1.807) is 31.2 Å². The van der Waals surface area contributed by atoms with Crippen LogP contribution < -0.4 is 0 Å². The molecule has 0 unspecified atom stereocenters. The lowest BCUT2D eigenvalue weighted by atomic mass is 10.1. The van der Waals surface area contributed by atoms with Crippen LogP contribution in [0.15, 0.2) is 24.3 Å². The van der Waals surface area contributed by atoms with E-state index in [4.69, 9.17) is 21.7 Å². The average molecular weight is 240 g/mol. The number of halogens is 1. The highest BCUT2D eigenvalue weighted by molar-refractivity contribution is 6.30. The molecule has 0 atom stereocenters. The second-order valence-corrected chi connectivity index (χ2v) is 3.73. The Hall–Kier alpha value is -1.35. The monoisotopic (exact) mass is 239 g/mol. The molecule has 3 nitrogen and oxygen atoms in total. The minimum absolute atomic E-state index is 0.245. The number of benzene rings is 1. The van der Waals surface area contributed by atoms with Crippen molar-refractivity contribution in [3.05, 3.63) is 34.9 Å². The van der Waals surface area contributed by atoms with Crippen LogP contribution >= 0.6 is 11.6 Å². The molecule has 86 valence electrons. The fourth-order valence-electron chi connectivity index (χ4n) is 1.26. The van der Waals surface area contributed by atoms with Crippen LogP contribution in [0.3, 0.4) is 0 Å². The van der Waals surface area contributed by atoms with Gasteiger partial charge in [0.1, 0.15) is 0 Å². The average Bonchev–Trinajstić information content (AvgIpc) is 2.27. The molecule has 0 aromatic heterocycles. The predicted octanol–water partition coefficient (Wildman–Crippen LogP) is 3.05. The van der Waals surface area contributed by atoms with Gasteiger partial charge in [-0.3, -0.25) is 4.79 Å². The highest BCUT2D eigenvalue weighted by Crippen LogP contribution is 2.11. The molecule has 0 saturated heterocycles. The number of hydrogen-bond acceptors (Lipinski definition) is 3. The maximum atomic E-state index is 11.1. The van der Waals surface area contributed by atoms with E-state index in [0.717, 1.165) is 5.56 Å². The molecule has 0 aliphatic heterocycles. The third-order valence-corrected chi connectivity index (χ3v) is 2.33. The van der Waals surface area contributed by atoms with Gasteiger partial charge in [0, 0.05) is 10.7 Å². The molecule has 0 aliphatic carbocycles. The molecule has 1 rings (SSSR count). The Morgan fingerprint density at radius 3 is 2.50 bits per heavy atom. The molecule has 1 N–H and O–H groups in total. The first-order chi connectivity index (χ1) is 7.63. The lowest BCUT2D eigenvalue weighted by Gasteiger charge is -2.04. The van der Waals surface area contributed by atoms with Crippen molar-refractivity contribution in [2.24, 2.45) is 0 Å². The van der Waals surface area contributed by atoms with Gasteiger partial charge in [-0.1, -0.05) is 23.7 Å². The smallest absolute Gasteiger partial charge is 0.306 e. The highest BCUT2D eigenvalue weighted by Gasteiger charge is 2.06. The van der Waals surface area contributed by atoms with Crippen molar-refractivity contribution in [2.45, 2.75) is 19.8 Å². The van der Waals surface area contributed by atoms with Crippen LogP contribution in [0.1, 0.15) is 25.3 Å². The van der Waals surface area contributed by atoms with Gasteiger partial charge in [-0.2, -0.15) is 0 Å². The van der Waals surface area contributed by atoms with Gasteiger partial charge >= 0.3 is 5.97 Å². The second kappa shape index (κ2) is 6.28. The molecule has 0 saturated carbocycles. The van der Waals surface area contributed by atoms with Crippen molar-refractivity contribution in [1.29, 1.82) is 5.41 Å². The predicted molar refractivity (Wildman–Crippen MR) is 64.1 cm³/mol. The van der Waals surface area contributed by atoms with Gasteiger partial charge in [-0.15, -0.1) is 0 Å². The summed E-state index contributed by atoms with van der Waals surface area (Å²) in [7, 11) is 0. The zero-order chi connectivity index (χ0) is 12.0. The van der Waals surface area contributed by atoms with Crippen molar-refractivity contribution < 1.29 is 9.53 Å². The van der Waals surface area contributed by atoms with Crippen LogP contribution in [0.2, 0.25) is 5.02 Å². The van der Waals surface area contributed by atoms with Gasteiger partial charge in [0.2, 0.25) is 0 Å². The molecule has 1 aromatic carbocycles. The van der Waals surface area contributed by atoms with Crippen LogP contribution in [0.25, 0.3) is 0 Å². The first kappa shape index (κ1) is 12.7. The summed E-state index contributed by atoms with van der Waals surface area (Å²) in [4.78, 5) is 11.1. The van der Waals surface area contributed by atoms with E-state index in [1.807, 2.05) is 0 Å². The summed E-state index contributed by atoms with van der Waals surface area (Å²) < 4.78 is 4.79. The number of esters is 1. The summed E-state index contributed by atoms with van der Waals surface area (Å²) in [5.74, 6) is -0.263. The van der Waals surface area contributed by atoms with E-state index < -0.39 is 0 Å². The third kappa shape index (κ3) is 4.03. The number of carbonyl (C=O) groups excluding carboxylic acids is 1. The van der Waals surface area contributed by atoms with Gasteiger partial charge in [0.25, 0.3) is 0 Å². The summed E-state index contributed by atoms with van der Waals surface area (Å²) in [5.41, 5.74) is 1.21. The van der Waals surface area contributed by atoms with E-state index in [-0.39, 0.29) is 12.4 Å². The Morgan fingerprint density at radius 2 is 1.94 bits per heavy atom. The minimum atomic E-state index is -0.263. The number of carbonyl (C=O) groups is 1. The molecule has 0 amide bonds. The summed E-state index contributed by atoms with van der Waals surface area (Å²) in [6, 6.07) is 7.01. The van der Waals surface area contributed by atoms with Crippen molar-refractivity contribution >= 4 is 23.3 Å². The maximum Gasteiger partial charge on any atom is 0.306 e. The van der Waals surface area contributed by atoms with Crippen molar-refractivity contribution in [3.63, 3.8) is 0 Å². The molecule has 0 aliphatic rings. The molecule has 0 spiro atoms. The van der Waals surface area contributed by atoms with Crippen LogP contribution in [-0.2, 0) is 9.53 Å². The molecule has 16 heavy (non-hydrogen) atoms. The molecule has 0 heterocycles. The van der Waals surface area contributed by atoms with Crippen molar-refractivity contribution in [1.82, 2.24) is 0 Å². The van der Waals surface area contributed by atoms with E-state index in [2.05, 4.69) is 0 Å². The topological polar surface area (TPSA) is 50.2 Å². The first-order valence-corrected chi connectivity index (χ1v) is 5.50.